The van der Waals surface area contributed by atoms with Gasteiger partial charge in [-0.15, -0.1) is 0 Å². The normalized spacial score (nSPS) is 14.6. The molecule has 6 nitrogen and oxygen atoms in total. The first kappa shape index (κ1) is 16.5. The van der Waals surface area contributed by atoms with Crippen molar-refractivity contribution >= 4 is 28.5 Å². The fourth-order valence-electron chi connectivity index (χ4n) is 3.37. The van der Waals surface area contributed by atoms with Gasteiger partial charge in [0.25, 0.3) is 5.91 Å². The molecule has 1 saturated heterocycles. The number of carbonyl (C=O) groups excluding carboxylic acids is 1. The van der Waals surface area contributed by atoms with Gasteiger partial charge in [0.1, 0.15) is 23.7 Å². The number of anilines is 2. The van der Waals surface area contributed by atoms with E-state index in [0.717, 1.165) is 31.7 Å². The van der Waals surface area contributed by atoms with E-state index in [1.54, 1.807) is 6.92 Å². The molecule has 0 radical (unpaired) electrons. The predicted molar refractivity (Wildman–Crippen MR) is 97.0 cm³/mol. The van der Waals surface area contributed by atoms with Gasteiger partial charge in [0.05, 0.1) is 10.9 Å². The Hall–Kier alpha value is -2.96. The van der Waals surface area contributed by atoms with E-state index in [4.69, 9.17) is 4.42 Å². The zero-order chi connectivity index (χ0) is 18.1. The summed E-state index contributed by atoms with van der Waals surface area (Å²) in [6.07, 6.45) is 4.86. The van der Waals surface area contributed by atoms with E-state index in [-0.39, 0.29) is 11.7 Å². The number of rotatable bonds is 3. The average Bonchev–Trinajstić information content (AvgIpc) is 3.00. The highest BCUT2D eigenvalue weighted by Crippen LogP contribution is 2.33. The standard InChI is InChI=1S/C19H19FN4O2/c1-12-15(18(25)23-14-7-5-13(20)6-8-14)16-17(21-11-22-19(16)26-12)24-9-3-2-4-10-24/h5-8,11H,2-4,9-10H2,1H3,(H,23,25). The summed E-state index contributed by atoms with van der Waals surface area (Å²) >= 11 is 0. The molecule has 1 N–H and O–H groups in total. The van der Waals surface area contributed by atoms with Gasteiger partial charge in [-0.3, -0.25) is 4.79 Å². The average molecular weight is 354 g/mol. The van der Waals surface area contributed by atoms with Crippen molar-refractivity contribution < 1.29 is 13.6 Å². The Balaban J connectivity index is 1.75. The second-order valence-electron chi connectivity index (χ2n) is 6.42. The molecular weight excluding hydrogens is 335 g/mol. The summed E-state index contributed by atoms with van der Waals surface area (Å²) in [6, 6.07) is 5.65. The Morgan fingerprint density at radius 3 is 2.62 bits per heavy atom. The number of nitrogens with zero attached hydrogens (tertiary/aromatic N) is 3. The van der Waals surface area contributed by atoms with Crippen LogP contribution in [-0.2, 0) is 0 Å². The Bertz CT molecular complexity index is 946. The lowest BCUT2D eigenvalue weighted by atomic mass is 10.1. The number of amides is 1. The Kier molecular flexibility index (Phi) is 4.28. The number of piperidine rings is 1. The smallest absolute Gasteiger partial charge is 0.260 e. The van der Waals surface area contributed by atoms with E-state index in [1.807, 2.05) is 0 Å². The van der Waals surface area contributed by atoms with Crippen LogP contribution in [0.4, 0.5) is 15.9 Å². The zero-order valence-electron chi connectivity index (χ0n) is 14.5. The highest BCUT2D eigenvalue weighted by Gasteiger charge is 2.25. The van der Waals surface area contributed by atoms with Crippen LogP contribution in [0.2, 0.25) is 0 Å². The van der Waals surface area contributed by atoms with Crippen LogP contribution in [0.3, 0.4) is 0 Å². The van der Waals surface area contributed by atoms with Gasteiger partial charge in [0.15, 0.2) is 0 Å². The number of fused-ring (bicyclic) bond motifs is 1. The quantitative estimate of drug-likeness (QED) is 0.772. The van der Waals surface area contributed by atoms with E-state index in [0.29, 0.717) is 28.1 Å². The topological polar surface area (TPSA) is 71.3 Å². The molecule has 1 fully saturated rings. The molecule has 3 aromatic rings. The molecule has 1 aliphatic heterocycles. The van der Waals surface area contributed by atoms with Crippen molar-refractivity contribution in [2.45, 2.75) is 26.2 Å². The maximum absolute atomic E-state index is 13.1. The summed E-state index contributed by atoms with van der Waals surface area (Å²) in [5.74, 6) is 0.545. The number of aryl methyl sites for hydroxylation is 1. The van der Waals surface area contributed by atoms with Crippen molar-refractivity contribution in [3.8, 4) is 0 Å². The lowest BCUT2D eigenvalue weighted by Crippen LogP contribution is -2.30. The number of aromatic nitrogens is 2. The first-order valence-electron chi connectivity index (χ1n) is 8.69. The number of hydrogen-bond donors (Lipinski definition) is 1. The van der Waals surface area contributed by atoms with E-state index in [9.17, 15) is 9.18 Å². The molecule has 0 aliphatic carbocycles. The van der Waals surface area contributed by atoms with Crippen molar-refractivity contribution in [2.24, 2.45) is 0 Å². The van der Waals surface area contributed by atoms with Gasteiger partial charge in [-0.05, 0) is 50.5 Å². The van der Waals surface area contributed by atoms with Crippen molar-refractivity contribution in [2.75, 3.05) is 23.3 Å². The van der Waals surface area contributed by atoms with Gasteiger partial charge in [0.2, 0.25) is 5.71 Å². The molecule has 1 aliphatic rings. The number of carbonyl (C=O) groups is 1. The van der Waals surface area contributed by atoms with Crippen LogP contribution < -0.4 is 10.2 Å². The predicted octanol–water partition coefficient (Wildman–Crippen LogP) is 3.91. The molecule has 0 bridgehead atoms. The number of hydrogen-bond acceptors (Lipinski definition) is 5. The fraction of sp³-hybridized carbons (Fsp3) is 0.316. The van der Waals surface area contributed by atoms with Crippen LogP contribution in [-0.4, -0.2) is 29.0 Å². The van der Waals surface area contributed by atoms with Crippen LogP contribution in [0, 0.1) is 12.7 Å². The first-order valence-corrected chi connectivity index (χ1v) is 8.69. The number of nitrogens with one attached hydrogen (secondary N) is 1. The van der Waals surface area contributed by atoms with Crippen LogP contribution in [0.15, 0.2) is 35.0 Å². The third kappa shape index (κ3) is 3.00. The van der Waals surface area contributed by atoms with E-state index < -0.39 is 0 Å². The van der Waals surface area contributed by atoms with Crippen molar-refractivity contribution in [1.29, 1.82) is 0 Å². The molecule has 0 unspecified atom stereocenters. The summed E-state index contributed by atoms with van der Waals surface area (Å²) < 4.78 is 18.8. The van der Waals surface area contributed by atoms with Gasteiger partial charge in [0, 0.05) is 18.8 Å². The van der Waals surface area contributed by atoms with Crippen molar-refractivity contribution in [3.63, 3.8) is 0 Å². The zero-order valence-corrected chi connectivity index (χ0v) is 14.5. The summed E-state index contributed by atoms with van der Waals surface area (Å²) in [7, 11) is 0. The molecule has 4 rings (SSSR count). The summed E-state index contributed by atoms with van der Waals surface area (Å²) in [6.45, 7) is 3.53. The fourth-order valence-corrected chi connectivity index (χ4v) is 3.37. The largest absolute Gasteiger partial charge is 0.442 e. The molecule has 134 valence electrons. The maximum atomic E-state index is 13.1. The van der Waals surface area contributed by atoms with E-state index in [2.05, 4.69) is 20.2 Å². The van der Waals surface area contributed by atoms with Gasteiger partial charge < -0.3 is 14.6 Å². The molecular formula is C19H19FN4O2. The SMILES string of the molecule is Cc1oc2ncnc(N3CCCCC3)c2c1C(=O)Nc1ccc(F)cc1. The number of halogens is 1. The second-order valence-corrected chi connectivity index (χ2v) is 6.42. The molecule has 26 heavy (non-hydrogen) atoms. The monoisotopic (exact) mass is 354 g/mol. The Labute approximate surface area is 150 Å². The molecule has 1 amide bonds. The van der Waals surface area contributed by atoms with Gasteiger partial charge in [-0.1, -0.05) is 0 Å². The molecule has 0 saturated carbocycles. The summed E-state index contributed by atoms with van der Waals surface area (Å²) in [5, 5.41) is 3.43. The van der Waals surface area contributed by atoms with E-state index in [1.165, 1.54) is 37.0 Å². The van der Waals surface area contributed by atoms with Gasteiger partial charge in [-0.25, -0.2) is 14.4 Å². The Morgan fingerprint density at radius 2 is 1.88 bits per heavy atom. The molecule has 0 atom stereocenters. The van der Waals surface area contributed by atoms with Gasteiger partial charge in [-0.2, -0.15) is 0 Å². The molecule has 3 heterocycles. The second kappa shape index (κ2) is 6.74. The minimum absolute atomic E-state index is 0.319. The number of furan rings is 1. The third-order valence-corrected chi connectivity index (χ3v) is 4.63. The summed E-state index contributed by atoms with van der Waals surface area (Å²) in [4.78, 5) is 23.7. The van der Waals surface area contributed by atoms with Crippen molar-refractivity contribution in [3.05, 3.63) is 47.7 Å². The van der Waals surface area contributed by atoms with Crippen LogP contribution >= 0.6 is 0 Å². The molecule has 1 aromatic carbocycles. The van der Waals surface area contributed by atoms with Crippen molar-refractivity contribution in [1.82, 2.24) is 9.97 Å². The highest BCUT2D eigenvalue weighted by molar-refractivity contribution is 6.15. The summed E-state index contributed by atoms with van der Waals surface area (Å²) in [5.41, 5.74) is 1.34. The maximum Gasteiger partial charge on any atom is 0.260 e. The minimum atomic E-state index is -0.353. The Morgan fingerprint density at radius 1 is 1.15 bits per heavy atom. The highest BCUT2D eigenvalue weighted by atomic mass is 19.1. The number of benzene rings is 1. The molecule has 2 aromatic heterocycles. The van der Waals surface area contributed by atoms with Crippen LogP contribution in [0.25, 0.3) is 11.1 Å². The van der Waals surface area contributed by atoms with Crippen LogP contribution in [0.5, 0.6) is 0 Å². The first-order chi connectivity index (χ1) is 12.6. The van der Waals surface area contributed by atoms with Gasteiger partial charge >= 0.3 is 0 Å². The van der Waals surface area contributed by atoms with Crippen LogP contribution in [0.1, 0.15) is 35.4 Å². The lowest BCUT2D eigenvalue weighted by Gasteiger charge is -2.28. The van der Waals surface area contributed by atoms with E-state index >= 15 is 0 Å². The third-order valence-electron chi connectivity index (χ3n) is 4.63. The molecule has 0 spiro atoms. The lowest BCUT2D eigenvalue weighted by molar-refractivity contribution is 0.102. The molecule has 7 heteroatoms. The minimum Gasteiger partial charge on any atom is -0.442 e.